The van der Waals surface area contributed by atoms with E-state index in [1.807, 2.05) is 36.0 Å². The molecule has 1 heterocycles. The Kier molecular flexibility index (Phi) is 5.67. The predicted octanol–water partition coefficient (Wildman–Crippen LogP) is 2.83. The Balaban J connectivity index is 1.76. The minimum absolute atomic E-state index is 0.0167. The van der Waals surface area contributed by atoms with Gasteiger partial charge in [-0.2, -0.15) is 5.10 Å². The maximum absolute atomic E-state index is 10.4. The van der Waals surface area contributed by atoms with Gasteiger partial charge < -0.3 is 11.1 Å². The molecule has 1 aliphatic rings. The van der Waals surface area contributed by atoms with Crippen LogP contribution in [0.15, 0.2) is 41.3 Å². The normalized spacial score (nSPS) is 16.7. The molecule has 8 nitrogen and oxygen atoms in total. The van der Waals surface area contributed by atoms with Crippen molar-refractivity contribution in [3.63, 3.8) is 0 Å². The number of nitrogens with one attached hydrogen (secondary N) is 1. The van der Waals surface area contributed by atoms with Crippen LogP contribution in [-0.2, 0) is 7.05 Å². The van der Waals surface area contributed by atoms with Crippen LogP contribution in [0.2, 0.25) is 0 Å². The summed E-state index contributed by atoms with van der Waals surface area (Å²) in [5.41, 5.74) is 7.20. The molecule has 0 unspecified atom stereocenters. The average Bonchev–Trinajstić information content (AvgIpc) is 2.96. The van der Waals surface area contributed by atoms with Gasteiger partial charge in [0.25, 0.3) is 6.20 Å². The zero-order valence-electron chi connectivity index (χ0n) is 14.6. The summed E-state index contributed by atoms with van der Waals surface area (Å²) in [6.45, 7) is 0. The lowest BCUT2D eigenvalue weighted by molar-refractivity contribution is -0.403. The molecule has 0 spiro atoms. The highest BCUT2D eigenvalue weighted by Gasteiger charge is 2.13. The highest BCUT2D eigenvalue weighted by molar-refractivity contribution is 7.12. The number of aromatic nitrogens is 2. The van der Waals surface area contributed by atoms with Crippen LogP contribution >= 0.6 is 11.3 Å². The van der Waals surface area contributed by atoms with Gasteiger partial charge in [-0.05, 0) is 37.1 Å². The highest BCUT2D eigenvalue weighted by atomic mass is 32.1. The predicted molar refractivity (Wildman–Crippen MR) is 102 cm³/mol. The first-order valence-corrected chi connectivity index (χ1v) is 9.39. The Bertz CT molecular complexity index is 862. The monoisotopic (exact) mass is 374 g/mol. The second-order valence-electron chi connectivity index (χ2n) is 6.31. The summed E-state index contributed by atoms with van der Waals surface area (Å²) in [5.74, 6) is -0.0167. The first kappa shape index (κ1) is 18.1. The molecule has 26 heavy (non-hydrogen) atoms. The quantitative estimate of drug-likeness (QED) is 0.617. The fourth-order valence-corrected chi connectivity index (χ4v) is 3.92. The van der Waals surface area contributed by atoms with Gasteiger partial charge in [-0.25, -0.2) is 4.68 Å². The van der Waals surface area contributed by atoms with Crippen molar-refractivity contribution in [2.24, 2.45) is 17.8 Å². The van der Waals surface area contributed by atoms with E-state index in [0.717, 1.165) is 34.4 Å². The van der Waals surface area contributed by atoms with E-state index in [1.165, 1.54) is 19.3 Å². The summed E-state index contributed by atoms with van der Waals surface area (Å²) in [6, 6.07) is 7.85. The smallest absolute Gasteiger partial charge is 0.274 e. The number of benzene rings is 1. The van der Waals surface area contributed by atoms with E-state index in [-0.39, 0.29) is 5.82 Å². The van der Waals surface area contributed by atoms with Crippen molar-refractivity contribution < 1.29 is 4.92 Å². The third-order valence-corrected chi connectivity index (χ3v) is 5.30. The molecule has 1 aromatic carbocycles. The van der Waals surface area contributed by atoms with Gasteiger partial charge in [0.15, 0.2) is 5.82 Å². The van der Waals surface area contributed by atoms with Crippen molar-refractivity contribution in [1.82, 2.24) is 9.78 Å². The van der Waals surface area contributed by atoms with Gasteiger partial charge in [-0.3, -0.25) is 15.1 Å². The number of rotatable bonds is 5. The second kappa shape index (κ2) is 8.13. The first-order chi connectivity index (χ1) is 12.5. The van der Waals surface area contributed by atoms with Gasteiger partial charge >= 0.3 is 0 Å². The Morgan fingerprint density at radius 2 is 2.08 bits per heavy atom. The molecular weight excluding hydrogens is 352 g/mol. The van der Waals surface area contributed by atoms with Crippen LogP contribution in [0.3, 0.4) is 0 Å². The van der Waals surface area contributed by atoms with Crippen molar-refractivity contribution in [3.8, 4) is 10.6 Å². The van der Waals surface area contributed by atoms with Gasteiger partial charge in [0.05, 0.1) is 11.0 Å². The van der Waals surface area contributed by atoms with Crippen molar-refractivity contribution in [3.05, 3.63) is 51.2 Å². The fourth-order valence-electron chi connectivity index (χ4n) is 2.95. The minimum atomic E-state index is -0.594. The SMILES string of the molecule is Cn1nc(-c2ccc(N/C(N)=C/[N+](=O)[O-])cc2)s/c1=N/C1CCCCC1. The number of nitro groups is 1. The van der Waals surface area contributed by atoms with Crippen LogP contribution in [0.25, 0.3) is 10.6 Å². The molecule has 3 rings (SSSR count). The molecule has 1 saturated carbocycles. The van der Waals surface area contributed by atoms with Gasteiger partial charge in [0.1, 0.15) is 5.01 Å². The molecule has 1 aliphatic carbocycles. The van der Waals surface area contributed by atoms with E-state index in [4.69, 9.17) is 10.7 Å². The van der Waals surface area contributed by atoms with Crippen LogP contribution in [0.5, 0.6) is 0 Å². The number of hydrogen-bond donors (Lipinski definition) is 2. The van der Waals surface area contributed by atoms with E-state index in [2.05, 4.69) is 10.4 Å². The molecule has 0 bridgehead atoms. The maximum Gasteiger partial charge on any atom is 0.274 e. The highest BCUT2D eigenvalue weighted by Crippen LogP contribution is 2.23. The topological polar surface area (TPSA) is 111 Å². The lowest BCUT2D eigenvalue weighted by Crippen LogP contribution is -2.18. The van der Waals surface area contributed by atoms with Crippen LogP contribution in [0.1, 0.15) is 32.1 Å². The largest absolute Gasteiger partial charge is 0.380 e. The van der Waals surface area contributed by atoms with Crippen molar-refractivity contribution >= 4 is 17.0 Å². The van der Waals surface area contributed by atoms with Crippen molar-refractivity contribution in [1.29, 1.82) is 0 Å². The average molecular weight is 374 g/mol. The summed E-state index contributed by atoms with van der Waals surface area (Å²) in [6.07, 6.45) is 6.87. The summed E-state index contributed by atoms with van der Waals surface area (Å²) < 4.78 is 1.83. The number of hydrogen-bond acceptors (Lipinski definition) is 7. The molecule has 0 amide bonds. The van der Waals surface area contributed by atoms with E-state index >= 15 is 0 Å². The Morgan fingerprint density at radius 1 is 1.38 bits per heavy atom. The molecule has 0 atom stereocenters. The van der Waals surface area contributed by atoms with Gasteiger partial charge in [0.2, 0.25) is 4.80 Å². The molecule has 0 aliphatic heterocycles. The zero-order chi connectivity index (χ0) is 18.5. The molecule has 138 valence electrons. The number of nitrogens with zero attached hydrogens (tertiary/aromatic N) is 4. The lowest BCUT2D eigenvalue weighted by atomic mass is 9.96. The van der Waals surface area contributed by atoms with E-state index in [9.17, 15) is 10.1 Å². The summed E-state index contributed by atoms with van der Waals surface area (Å²) in [7, 11) is 1.92. The fraction of sp³-hybridized carbons (Fsp3) is 0.412. The molecule has 9 heteroatoms. The van der Waals surface area contributed by atoms with Crippen LogP contribution in [0.4, 0.5) is 5.69 Å². The van der Waals surface area contributed by atoms with E-state index in [0.29, 0.717) is 11.7 Å². The molecular formula is C17H22N6O2S. The Morgan fingerprint density at radius 3 is 2.73 bits per heavy atom. The van der Waals surface area contributed by atoms with E-state index in [1.54, 1.807) is 11.3 Å². The van der Waals surface area contributed by atoms with Crippen molar-refractivity contribution in [2.45, 2.75) is 38.1 Å². The van der Waals surface area contributed by atoms with Gasteiger partial charge in [-0.1, -0.05) is 30.6 Å². The standard InChI is InChI=1S/C17H22N6O2S/c1-22-17(20-13-5-3-2-4-6-13)26-16(21-22)12-7-9-14(10-8-12)19-15(18)11-23(24)25/h7-11,13,19H,2-6,18H2,1H3/b15-11+,20-17+. The Labute approximate surface area is 155 Å². The molecule has 0 saturated heterocycles. The van der Waals surface area contributed by atoms with Crippen LogP contribution in [0, 0.1) is 10.1 Å². The number of aryl methyl sites for hydroxylation is 1. The van der Waals surface area contributed by atoms with Crippen LogP contribution < -0.4 is 15.9 Å². The second-order valence-corrected chi connectivity index (χ2v) is 7.26. The summed E-state index contributed by atoms with van der Waals surface area (Å²) in [5, 5.41) is 18.6. The number of anilines is 1. The third kappa shape index (κ3) is 4.69. The molecule has 1 fully saturated rings. The van der Waals surface area contributed by atoms with Crippen molar-refractivity contribution in [2.75, 3.05) is 5.32 Å². The molecule has 1 aromatic heterocycles. The maximum atomic E-state index is 10.4. The lowest BCUT2D eigenvalue weighted by Gasteiger charge is -2.16. The zero-order valence-corrected chi connectivity index (χ0v) is 15.4. The van der Waals surface area contributed by atoms with Gasteiger partial charge in [-0.15, -0.1) is 0 Å². The third-order valence-electron chi connectivity index (χ3n) is 4.24. The molecule has 3 N–H and O–H groups in total. The minimum Gasteiger partial charge on any atom is -0.380 e. The summed E-state index contributed by atoms with van der Waals surface area (Å²) >= 11 is 1.57. The first-order valence-electron chi connectivity index (χ1n) is 8.57. The summed E-state index contributed by atoms with van der Waals surface area (Å²) in [4.78, 5) is 15.6. The van der Waals surface area contributed by atoms with Crippen LogP contribution in [-0.4, -0.2) is 20.7 Å². The number of nitrogens with two attached hydrogens (primary N) is 1. The molecule has 2 aromatic rings. The molecule has 0 radical (unpaired) electrons. The van der Waals surface area contributed by atoms with Gasteiger partial charge in [0, 0.05) is 18.3 Å². The van der Waals surface area contributed by atoms with E-state index < -0.39 is 4.92 Å². The Hall–Kier alpha value is -2.68.